The predicted molar refractivity (Wildman–Crippen MR) is 67.7 cm³/mol. The summed E-state index contributed by atoms with van der Waals surface area (Å²) in [4.78, 5) is 16.0. The van der Waals surface area contributed by atoms with Gasteiger partial charge < -0.3 is 0 Å². The van der Waals surface area contributed by atoms with E-state index in [-0.39, 0.29) is 5.41 Å². The van der Waals surface area contributed by atoms with Crippen molar-refractivity contribution in [3.05, 3.63) is 12.2 Å². The average molecular weight is 237 g/mol. The van der Waals surface area contributed by atoms with Gasteiger partial charge in [-0.15, -0.1) is 0 Å². The lowest BCUT2D eigenvalue weighted by atomic mass is 9.88. The molecular weight excluding hydrogens is 214 g/mol. The lowest BCUT2D eigenvalue weighted by Gasteiger charge is -2.16. The Morgan fingerprint density at radius 2 is 2.12 bits per heavy atom. The molecule has 1 heterocycles. The molecular formula is C13H23N3O. The van der Waals surface area contributed by atoms with Crippen LogP contribution in [0.2, 0.25) is 0 Å². The van der Waals surface area contributed by atoms with E-state index in [0.29, 0.717) is 12.2 Å². The summed E-state index contributed by atoms with van der Waals surface area (Å²) in [5.74, 6) is 1.31. The molecule has 1 aromatic heterocycles. The third kappa shape index (κ3) is 4.29. The van der Waals surface area contributed by atoms with Crippen molar-refractivity contribution in [3.63, 3.8) is 0 Å². The summed E-state index contributed by atoms with van der Waals surface area (Å²) in [6, 6.07) is 0. The van der Waals surface area contributed by atoms with Gasteiger partial charge in [-0.2, -0.15) is 5.10 Å². The average Bonchev–Trinajstić information content (AvgIpc) is 2.65. The second kappa shape index (κ2) is 5.94. The van der Waals surface area contributed by atoms with E-state index in [1.165, 1.54) is 0 Å². The standard InChI is InChI=1S/C13H23N3O/c1-5-9-16-12(14-10-15-16)8-6-7-11(17)13(2,3)4/h10H,5-9H2,1-4H3. The van der Waals surface area contributed by atoms with Gasteiger partial charge in [-0.1, -0.05) is 27.7 Å². The number of aromatic nitrogens is 3. The summed E-state index contributed by atoms with van der Waals surface area (Å²) in [7, 11) is 0. The minimum atomic E-state index is -0.225. The molecule has 4 heteroatoms. The van der Waals surface area contributed by atoms with Gasteiger partial charge in [0.2, 0.25) is 0 Å². The molecule has 0 fully saturated rings. The van der Waals surface area contributed by atoms with Gasteiger partial charge in [-0.05, 0) is 12.8 Å². The lowest BCUT2D eigenvalue weighted by Crippen LogP contribution is -2.20. The zero-order valence-electron chi connectivity index (χ0n) is 11.4. The van der Waals surface area contributed by atoms with Crippen molar-refractivity contribution in [2.45, 2.75) is 59.9 Å². The fourth-order valence-electron chi connectivity index (χ4n) is 1.66. The first kappa shape index (κ1) is 13.9. The molecule has 0 aliphatic carbocycles. The lowest BCUT2D eigenvalue weighted by molar-refractivity contribution is -0.126. The van der Waals surface area contributed by atoms with E-state index in [2.05, 4.69) is 17.0 Å². The molecule has 1 aromatic rings. The van der Waals surface area contributed by atoms with Crippen LogP contribution in [-0.2, 0) is 17.8 Å². The minimum absolute atomic E-state index is 0.225. The Bertz CT molecular complexity index is 363. The van der Waals surface area contributed by atoms with E-state index in [1.807, 2.05) is 25.5 Å². The third-order valence-electron chi connectivity index (χ3n) is 2.77. The molecule has 1 rings (SSSR count). The minimum Gasteiger partial charge on any atom is -0.299 e. The van der Waals surface area contributed by atoms with Crippen molar-refractivity contribution in [1.82, 2.24) is 14.8 Å². The maximum absolute atomic E-state index is 11.8. The number of hydrogen-bond acceptors (Lipinski definition) is 3. The van der Waals surface area contributed by atoms with E-state index in [4.69, 9.17) is 0 Å². The fraction of sp³-hybridized carbons (Fsp3) is 0.769. The van der Waals surface area contributed by atoms with Crippen molar-refractivity contribution < 1.29 is 4.79 Å². The molecule has 0 amide bonds. The van der Waals surface area contributed by atoms with E-state index >= 15 is 0 Å². The zero-order valence-corrected chi connectivity index (χ0v) is 11.4. The molecule has 96 valence electrons. The first-order chi connectivity index (χ1) is 7.95. The van der Waals surface area contributed by atoms with Crippen molar-refractivity contribution in [1.29, 1.82) is 0 Å². The van der Waals surface area contributed by atoms with Gasteiger partial charge in [0.05, 0.1) is 0 Å². The van der Waals surface area contributed by atoms with Gasteiger partial charge in [0.1, 0.15) is 17.9 Å². The Kier molecular flexibility index (Phi) is 4.85. The van der Waals surface area contributed by atoms with E-state index in [1.54, 1.807) is 6.33 Å². The Balaban J connectivity index is 2.41. The highest BCUT2D eigenvalue weighted by Crippen LogP contribution is 2.18. The Morgan fingerprint density at radius 3 is 2.71 bits per heavy atom. The molecule has 0 saturated carbocycles. The van der Waals surface area contributed by atoms with Crippen LogP contribution in [0.3, 0.4) is 0 Å². The molecule has 0 bridgehead atoms. The predicted octanol–water partition coefficient (Wildman–Crippen LogP) is 2.63. The molecule has 0 spiro atoms. The Morgan fingerprint density at radius 1 is 1.41 bits per heavy atom. The summed E-state index contributed by atoms with van der Waals surface area (Å²) in [5, 5.41) is 4.17. The number of rotatable bonds is 6. The number of carbonyl (C=O) groups is 1. The van der Waals surface area contributed by atoms with Gasteiger partial charge >= 0.3 is 0 Å². The third-order valence-corrected chi connectivity index (χ3v) is 2.77. The molecule has 0 radical (unpaired) electrons. The van der Waals surface area contributed by atoms with Crippen LogP contribution in [0.25, 0.3) is 0 Å². The molecule has 0 atom stereocenters. The van der Waals surface area contributed by atoms with Crippen LogP contribution >= 0.6 is 0 Å². The summed E-state index contributed by atoms with van der Waals surface area (Å²) in [6.07, 6.45) is 4.97. The first-order valence-corrected chi connectivity index (χ1v) is 6.35. The highest BCUT2D eigenvalue weighted by atomic mass is 16.1. The number of hydrogen-bond donors (Lipinski definition) is 0. The highest BCUT2D eigenvalue weighted by molar-refractivity contribution is 5.83. The molecule has 0 N–H and O–H groups in total. The maximum atomic E-state index is 11.8. The van der Waals surface area contributed by atoms with Crippen LogP contribution in [0, 0.1) is 5.41 Å². The number of nitrogens with zero attached hydrogens (tertiary/aromatic N) is 3. The van der Waals surface area contributed by atoms with Crippen LogP contribution < -0.4 is 0 Å². The van der Waals surface area contributed by atoms with Gasteiger partial charge in [0.25, 0.3) is 0 Å². The molecule has 17 heavy (non-hydrogen) atoms. The van der Waals surface area contributed by atoms with Crippen molar-refractivity contribution in [2.75, 3.05) is 0 Å². The molecule has 0 unspecified atom stereocenters. The zero-order chi connectivity index (χ0) is 12.9. The number of carbonyl (C=O) groups excluding carboxylic acids is 1. The quantitative estimate of drug-likeness (QED) is 0.764. The van der Waals surface area contributed by atoms with Crippen molar-refractivity contribution >= 4 is 5.78 Å². The van der Waals surface area contributed by atoms with Crippen LogP contribution in [0.15, 0.2) is 6.33 Å². The van der Waals surface area contributed by atoms with Crippen LogP contribution in [0.4, 0.5) is 0 Å². The summed E-state index contributed by atoms with van der Waals surface area (Å²) in [6.45, 7) is 8.93. The monoisotopic (exact) mass is 237 g/mol. The van der Waals surface area contributed by atoms with E-state index < -0.39 is 0 Å². The van der Waals surface area contributed by atoms with Gasteiger partial charge in [-0.25, -0.2) is 4.98 Å². The Hall–Kier alpha value is -1.19. The van der Waals surface area contributed by atoms with Crippen molar-refractivity contribution in [2.24, 2.45) is 5.41 Å². The largest absolute Gasteiger partial charge is 0.299 e. The van der Waals surface area contributed by atoms with Crippen LogP contribution in [-0.4, -0.2) is 20.5 Å². The smallest absolute Gasteiger partial charge is 0.138 e. The summed E-state index contributed by atoms with van der Waals surface area (Å²) < 4.78 is 1.93. The molecule has 0 aliphatic heterocycles. The van der Waals surface area contributed by atoms with E-state index in [0.717, 1.165) is 31.6 Å². The fourth-order valence-corrected chi connectivity index (χ4v) is 1.66. The SMILES string of the molecule is CCCn1ncnc1CCCC(=O)C(C)(C)C. The summed E-state index contributed by atoms with van der Waals surface area (Å²) in [5.41, 5.74) is -0.225. The van der Waals surface area contributed by atoms with Crippen LogP contribution in [0.5, 0.6) is 0 Å². The second-order valence-electron chi connectivity index (χ2n) is 5.43. The highest BCUT2D eigenvalue weighted by Gasteiger charge is 2.20. The first-order valence-electron chi connectivity index (χ1n) is 6.35. The molecule has 4 nitrogen and oxygen atoms in total. The summed E-state index contributed by atoms with van der Waals surface area (Å²) >= 11 is 0. The normalized spacial score (nSPS) is 11.8. The van der Waals surface area contributed by atoms with E-state index in [9.17, 15) is 4.79 Å². The molecule has 0 aliphatic rings. The maximum Gasteiger partial charge on any atom is 0.138 e. The number of ketones is 1. The van der Waals surface area contributed by atoms with Crippen LogP contribution in [0.1, 0.15) is 52.8 Å². The Labute approximate surface area is 103 Å². The number of aryl methyl sites for hydroxylation is 2. The van der Waals surface area contributed by atoms with Gasteiger partial charge in [-0.3, -0.25) is 9.48 Å². The second-order valence-corrected chi connectivity index (χ2v) is 5.43. The molecule has 0 aromatic carbocycles. The van der Waals surface area contributed by atoms with Gasteiger partial charge in [0, 0.05) is 24.8 Å². The topological polar surface area (TPSA) is 47.8 Å². The molecule has 0 saturated heterocycles. The van der Waals surface area contributed by atoms with Crippen molar-refractivity contribution in [3.8, 4) is 0 Å². The number of Topliss-reactive ketones (excluding diaryl/α,β-unsaturated/α-hetero) is 1. The van der Waals surface area contributed by atoms with Gasteiger partial charge in [0.15, 0.2) is 0 Å².